The van der Waals surface area contributed by atoms with Gasteiger partial charge >= 0.3 is 0 Å². The van der Waals surface area contributed by atoms with Crippen molar-refractivity contribution in [1.29, 1.82) is 0 Å². The van der Waals surface area contributed by atoms with Crippen LogP contribution in [0.4, 0.5) is 0 Å². The van der Waals surface area contributed by atoms with Gasteiger partial charge in [-0.3, -0.25) is 0 Å². The average Bonchev–Trinajstić information content (AvgIpc) is 3.81. The van der Waals surface area contributed by atoms with Gasteiger partial charge in [-0.2, -0.15) is 0 Å². The van der Waals surface area contributed by atoms with Crippen molar-refractivity contribution >= 4 is 107 Å². The molecule has 8 aromatic carbocycles. The van der Waals surface area contributed by atoms with E-state index in [0.29, 0.717) is 0 Å². The molecule has 11 rings (SSSR count). The molecule has 1 nitrogen and oxygen atoms in total. The molecular formula is C44H24OS2. The third-order valence-corrected chi connectivity index (χ3v) is 12.1. The SMILES string of the molecule is c1ccc2c(c1)sc1ccc(-c3c4ccccc4c(-c4ccc5oc6ccc7sc8ccccc8c7c6c5c4)c4ccccc34)cc12. The number of hydrogen-bond donors (Lipinski definition) is 0. The van der Waals surface area contributed by atoms with Gasteiger partial charge in [0.05, 0.1) is 0 Å². The first-order valence-electron chi connectivity index (χ1n) is 15.9. The molecule has 0 aliphatic rings. The fourth-order valence-corrected chi connectivity index (χ4v) is 10.1. The topological polar surface area (TPSA) is 13.1 Å². The first-order chi connectivity index (χ1) is 23.3. The lowest BCUT2D eigenvalue weighted by Gasteiger charge is -2.18. The highest BCUT2D eigenvalue weighted by Gasteiger charge is 2.20. The van der Waals surface area contributed by atoms with Gasteiger partial charge in [-0.05, 0) is 92.3 Å². The Hall–Kier alpha value is -5.48. The van der Waals surface area contributed by atoms with Crippen molar-refractivity contribution in [3.8, 4) is 22.3 Å². The molecule has 0 aliphatic carbocycles. The Morgan fingerprint density at radius 3 is 1.47 bits per heavy atom. The molecule has 47 heavy (non-hydrogen) atoms. The molecule has 0 saturated heterocycles. The second-order valence-corrected chi connectivity index (χ2v) is 14.5. The maximum Gasteiger partial charge on any atom is 0.136 e. The summed E-state index contributed by atoms with van der Waals surface area (Å²) in [5, 5.41) is 12.7. The summed E-state index contributed by atoms with van der Waals surface area (Å²) in [6, 6.07) is 53.5. The second-order valence-electron chi connectivity index (χ2n) is 12.4. The number of hydrogen-bond acceptors (Lipinski definition) is 3. The Balaban J connectivity index is 1.23. The van der Waals surface area contributed by atoms with Crippen molar-refractivity contribution in [3.05, 3.63) is 146 Å². The number of benzene rings is 8. The molecule has 11 aromatic rings. The van der Waals surface area contributed by atoms with E-state index in [0.717, 1.165) is 11.2 Å². The van der Waals surface area contributed by atoms with Crippen LogP contribution in [0.2, 0.25) is 0 Å². The van der Waals surface area contributed by atoms with Gasteiger partial charge in [0, 0.05) is 51.1 Å². The summed E-state index contributed by atoms with van der Waals surface area (Å²) >= 11 is 3.72. The van der Waals surface area contributed by atoms with E-state index in [1.165, 1.54) is 94.9 Å². The van der Waals surface area contributed by atoms with Crippen molar-refractivity contribution in [2.45, 2.75) is 0 Å². The first-order valence-corrected chi connectivity index (χ1v) is 17.6. The van der Waals surface area contributed by atoms with E-state index in [9.17, 15) is 0 Å². The maximum absolute atomic E-state index is 6.49. The minimum absolute atomic E-state index is 0.924. The van der Waals surface area contributed by atoms with Crippen LogP contribution in [-0.4, -0.2) is 0 Å². The van der Waals surface area contributed by atoms with Gasteiger partial charge in [-0.1, -0.05) is 97.1 Å². The van der Waals surface area contributed by atoms with Crippen LogP contribution in [-0.2, 0) is 0 Å². The molecule has 3 heteroatoms. The van der Waals surface area contributed by atoms with Crippen LogP contribution >= 0.6 is 22.7 Å². The van der Waals surface area contributed by atoms with E-state index >= 15 is 0 Å². The molecular weight excluding hydrogens is 609 g/mol. The van der Waals surface area contributed by atoms with Gasteiger partial charge in [0.25, 0.3) is 0 Å². The van der Waals surface area contributed by atoms with Crippen LogP contribution < -0.4 is 0 Å². The standard InChI is InChI=1S/C44H24OS2/c1-3-12-30-28(10-1)41(25-17-19-35-34(24-25)43-36(45-35)20-22-40-44(43)32-14-6-8-16-38(32)47-40)29-11-2-4-13-31(29)42(30)26-18-21-39-33(23-26)27-9-5-7-15-37(27)46-39/h1-24H. The summed E-state index contributed by atoms with van der Waals surface area (Å²) in [5.74, 6) is 0. The molecule has 0 amide bonds. The van der Waals surface area contributed by atoms with E-state index in [1.807, 2.05) is 22.7 Å². The van der Waals surface area contributed by atoms with Gasteiger partial charge in [-0.25, -0.2) is 0 Å². The predicted molar refractivity (Wildman–Crippen MR) is 205 cm³/mol. The van der Waals surface area contributed by atoms with Crippen LogP contribution in [0.1, 0.15) is 0 Å². The lowest BCUT2D eigenvalue weighted by Crippen LogP contribution is -1.90. The molecule has 0 atom stereocenters. The van der Waals surface area contributed by atoms with Crippen LogP contribution in [0.5, 0.6) is 0 Å². The highest BCUT2D eigenvalue weighted by molar-refractivity contribution is 7.26. The number of rotatable bonds is 2. The van der Waals surface area contributed by atoms with Crippen LogP contribution in [0.3, 0.4) is 0 Å². The summed E-state index contributed by atoms with van der Waals surface area (Å²) in [6.07, 6.45) is 0. The van der Waals surface area contributed by atoms with Gasteiger partial charge in [0.15, 0.2) is 0 Å². The Kier molecular flexibility index (Phi) is 5.20. The highest BCUT2D eigenvalue weighted by Crippen LogP contribution is 2.47. The smallest absolute Gasteiger partial charge is 0.136 e. The van der Waals surface area contributed by atoms with Crippen molar-refractivity contribution in [2.24, 2.45) is 0 Å². The summed E-state index contributed by atoms with van der Waals surface area (Å²) < 4.78 is 11.7. The van der Waals surface area contributed by atoms with Crippen molar-refractivity contribution in [3.63, 3.8) is 0 Å². The molecule has 0 radical (unpaired) electrons. The van der Waals surface area contributed by atoms with Crippen molar-refractivity contribution in [2.75, 3.05) is 0 Å². The zero-order chi connectivity index (χ0) is 30.6. The maximum atomic E-state index is 6.49. The van der Waals surface area contributed by atoms with Crippen LogP contribution in [0.25, 0.3) is 106 Å². The molecule has 0 spiro atoms. The van der Waals surface area contributed by atoms with Crippen LogP contribution in [0.15, 0.2) is 150 Å². The fourth-order valence-electron chi connectivity index (χ4n) is 7.87. The summed E-state index contributed by atoms with van der Waals surface area (Å²) in [5.41, 5.74) is 6.87. The molecule has 218 valence electrons. The molecule has 0 fully saturated rings. The zero-order valence-electron chi connectivity index (χ0n) is 25.1. The number of thiophene rings is 2. The van der Waals surface area contributed by atoms with E-state index < -0.39 is 0 Å². The normalized spacial score (nSPS) is 12.3. The van der Waals surface area contributed by atoms with Gasteiger partial charge in [-0.15, -0.1) is 22.7 Å². The molecule has 0 saturated carbocycles. The van der Waals surface area contributed by atoms with E-state index in [1.54, 1.807) is 0 Å². The number of furan rings is 1. The third kappa shape index (κ3) is 3.58. The van der Waals surface area contributed by atoms with Gasteiger partial charge in [0.1, 0.15) is 11.2 Å². The summed E-state index contributed by atoms with van der Waals surface area (Å²) in [4.78, 5) is 0. The Morgan fingerprint density at radius 2 is 0.787 bits per heavy atom. The molecule has 3 heterocycles. The first kappa shape index (κ1) is 25.7. The molecule has 0 bridgehead atoms. The molecule has 0 unspecified atom stereocenters. The molecule has 0 aliphatic heterocycles. The van der Waals surface area contributed by atoms with Crippen molar-refractivity contribution in [1.82, 2.24) is 0 Å². The van der Waals surface area contributed by atoms with E-state index in [4.69, 9.17) is 4.42 Å². The van der Waals surface area contributed by atoms with Crippen LogP contribution in [0, 0.1) is 0 Å². The third-order valence-electron chi connectivity index (χ3n) is 9.86. The highest BCUT2D eigenvalue weighted by atomic mass is 32.1. The molecule has 3 aromatic heterocycles. The summed E-state index contributed by atoms with van der Waals surface area (Å²) in [7, 11) is 0. The number of fused-ring (bicyclic) bond motifs is 12. The lowest BCUT2D eigenvalue weighted by molar-refractivity contribution is 0.669. The van der Waals surface area contributed by atoms with Gasteiger partial charge in [0.2, 0.25) is 0 Å². The zero-order valence-corrected chi connectivity index (χ0v) is 26.7. The minimum Gasteiger partial charge on any atom is -0.456 e. The van der Waals surface area contributed by atoms with E-state index in [2.05, 4.69) is 146 Å². The fraction of sp³-hybridized carbons (Fsp3) is 0. The average molecular weight is 633 g/mol. The lowest BCUT2D eigenvalue weighted by atomic mass is 9.85. The largest absolute Gasteiger partial charge is 0.456 e. The summed E-state index contributed by atoms with van der Waals surface area (Å²) in [6.45, 7) is 0. The van der Waals surface area contributed by atoms with Crippen molar-refractivity contribution < 1.29 is 4.42 Å². The minimum atomic E-state index is 0.924. The Labute approximate surface area is 277 Å². The Bertz CT molecular complexity index is 3020. The Morgan fingerprint density at radius 1 is 0.319 bits per heavy atom. The molecule has 0 N–H and O–H groups in total. The monoisotopic (exact) mass is 632 g/mol. The quantitative estimate of drug-likeness (QED) is 0.173. The van der Waals surface area contributed by atoms with Gasteiger partial charge < -0.3 is 4.42 Å². The van der Waals surface area contributed by atoms with E-state index in [-0.39, 0.29) is 0 Å². The predicted octanol–water partition coefficient (Wildman–Crippen LogP) is 14.0. The second kappa shape index (κ2) is 9.52.